The van der Waals surface area contributed by atoms with Gasteiger partial charge in [0.15, 0.2) is 5.75 Å². The molecule has 0 heterocycles. The first-order chi connectivity index (χ1) is 14.4. The molecule has 164 valence electrons. The number of carboxylic acid groups (broad SMARTS) is 1. The summed E-state index contributed by atoms with van der Waals surface area (Å²) in [5.74, 6) is -0.658. The summed E-state index contributed by atoms with van der Waals surface area (Å²) in [6.45, 7) is 4.91. The Hall–Kier alpha value is -2.58. The third kappa shape index (κ3) is 6.74. The number of para-hydroxylation sites is 1. The fourth-order valence-electron chi connectivity index (χ4n) is 2.83. The zero-order valence-corrected chi connectivity index (χ0v) is 18.3. The van der Waals surface area contributed by atoms with Gasteiger partial charge in [0.2, 0.25) is 10.0 Å². The quantitative estimate of drug-likeness (QED) is 0.389. The first-order valence-corrected chi connectivity index (χ1v) is 11.7. The van der Waals surface area contributed by atoms with E-state index in [4.69, 9.17) is 4.74 Å². The van der Waals surface area contributed by atoms with Gasteiger partial charge in [0.1, 0.15) is 10.6 Å². The molecule has 0 saturated carbocycles. The van der Waals surface area contributed by atoms with E-state index in [0.29, 0.717) is 24.4 Å². The monoisotopic (exact) mass is 434 g/mol. The van der Waals surface area contributed by atoms with Gasteiger partial charge in [0.05, 0.1) is 11.3 Å². The largest absolute Gasteiger partial charge is 0.478 e. The van der Waals surface area contributed by atoms with E-state index in [1.165, 1.54) is 6.07 Å². The predicted molar refractivity (Wildman–Crippen MR) is 118 cm³/mol. The molecule has 0 aliphatic heterocycles. The number of hydrogen-bond donors (Lipinski definition) is 3. The van der Waals surface area contributed by atoms with Crippen LogP contribution in [-0.4, -0.2) is 32.6 Å². The maximum Gasteiger partial charge on any atom is 0.335 e. The summed E-state index contributed by atoms with van der Waals surface area (Å²) in [6, 6.07) is 11.4. The molecular weight excluding hydrogens is 404 g/mol. The number of rotatable bonds is 13. The Morgan fingerprint density at radius 1 is 1.00 bits per heavy atom. The molecule has 30 heavy (non-hydrogen) atoms. The lowest BCUT2D eigenvalue weighted by atomic mass is 10.1. The van der Waals surface area contributed by atoms with Gasteiger partial charge in [-0.05, 0) is 37.1 Å². The molecule has 0 radical (unpaired) electrons. The van der Waals surface area contributed by atoms with E-state index in [1.54, 1.807) is 24.3 Å². The van der Waals surface area contributed by atoms with Crippen molar-refractivity contribution in [2.24, 2.45) is 0 Å². The van der Waals surface area contributed by atoms with Gasteiger partial charge in [-0.1, -0.05) is 51.3 Å². The average molecular weight is 435 g/mol. The van der Waals surface area contributed by atoms with E-state index in [1.807, 2.05) is 19.9 Å². The van der Waals surface area contributed by atoms with Crippen molar-refractivity contribution in [2.45, 2.75) is 50.8 Å². The molecule has 0 saturated heterocycles. The lowest BCUT2D eigenvalue weighted by molar-refractivity contribution is 0.0696. The normalized spacial score (nSPS) is 11.3. The molecule has 8 heteroatoms. The van der Waals surface area contributed by atoms with Crippen molar-refractivity contribution in [1.82, 2.24) is 4.72 Å². The van der Waals surface area contributed by atoms with Gasteiger partial charge in [0.25, 0.3) is 0 Å². The standard InChI is InChI=1S/C22H30N2O5S/c1-3-5-10-14-24-30(27,28)20-16-17(22(25)26)15-19(23-13-6-4-2)21(20)29-18-11-8-7-9-12-18/h7-9,11-12,15-16,23-24H,3-6,10,13-14H2,1-2H3,(H,25,26). The molecule has 2 aromatic rings. The van der Waals surface area contributed by atoms with Gasteiger partial charge in [-0.15, -0.1) is 0 Å². The van der Waals surface area contributed by atoms with Crippen LogP contribution in [0.3, 0.4) is 0 Å². The minimum Gasteiger partial charge on any atom is -0.478 e. The minimum absolute atomic E-state index is 0.0882. The molecule has 0 atom stereocenters. The van der Waals surface area contributed by atoms with Crippen molar-refractivity contribution in [1.29, 1.82) is 0 Å². The maximum absolute atomic E-state index is 13.1. The van der Waals surface area contributed by atoms with Crippen molar-refractivity contribution in [3.63, 3.8) is 0 Å². The number of nitrogens with one attached hydrogen (secondary N) is 2. The van der Waals surface area contributed by atoms with E-state index in [0.717, 1.165) is 31.7 Å². The molecule has 0 aliphatic carbocycles. The number of carboxylic acids is 1. The summed E-state index contributed by atoms with van der Waals surface area (Å²) in [6.07, 6.45) is 4.34. The van der Waals surface area contributed by atoms with E-state index in [9.17, 15) is 18.3 Å². The minimum atomic E-state index is -3.98. The summed E-state index contributed by atoms with van der Waals surface area (Å²) >= 11 is 0. The van der Waals surface area contributed by atoms with E-state index in [-0.39, 0.29) is 22.8 Å². The fourth-order valence-corrected chi connectivity index (χ4v) is 4.07. The van der Waals surface area contributed by atoms with Crippen LogP contribution in [0.25, 0.3) is 0 Å². The highest BCUT2D eigenvalue weighted by atomic mass is 32.2. The Balaban J connectivity index is 2.52. The van der Waals surface area contributed by atoms with Crippen molar-refractivity contribution in [3.05, 3.63) is 48.0 Å². The zero-order valence-electron chi connectivity index (χ0n) is 17.5. The Labute approximate surface area is 178 Å². The van der Waals surface area contributed by atoms with Crippen LogP contribution in [0.15, 0.2) is 47.4 Å². The molecule has 0 fully saturated rings. The van der Waals surface area contributed by atoms with Gasteiger partial charge >= 0.3 is 5.97 Å². The summed E-state index contributed by atoms with van der Waals surface area (Å²) in [7, 11) is -3.98. The number of benzene rings is 2. The van der Waals surface area contributed by atoms with Crippen LogP contribution in [0.1, 0.15) is 56.3 Å². The molecule has 3 N–H and O–H groups in total. The summed E-state index contributed by atoms with van der Waals surface area (Å²) in [5.41, 5.74) is 0.212. The molecule has 0 unspecified atom stereocenters. The number of sulfonamides is 1. The van der Waals surface area contributed by atoms with E-state index in [2.05, 4.69) is 10.0 Å². The summed E-state index contributed by atoms with van der Waals surface area (Å²) < 4.78 is 34.6. The average Bonchev–Trinajstić information content (AvgIpc) is 2.72. The topological polar surface area (TPSA) is 105 Å². The highest BCUT2D eigenvalue weighted by molar-refractivity contribution is 7.89. The zero-order chi connectivity index (χ0) is 22.0. The van der Waals surface area contributed by atoms with Gasteiger partial charge in [-0.3, -0.25) is 0 Å². The Morgan fingerprint density at radius 2 is 1.70 bits per heavy atom. The summed E-state index contributed by atoms with van der Waals surface area (Å²) in [4.78, 5) is 11.5. The fraction of sp³-hybridized carbons (Fsp3) is 0.409. The smallest absolute Gasteiger partial charge is 0.335 e. The number of unbranched alkanes of at least 4 members (excludes halogenated alkanes) is 3. The van der Waals surface area contributed by atoms with Crippen molar-refractivity contribution in [3.8, 4) is 11.5 Å². The van der Waals surface area contributed by atoms with E-state index >= 15 is 0 Å². The molecule has 0 spiro atoms. The third-order valence-corrected chi connectivity index (χ3v) is 5.94. The second-order valence-corrected chi connectivity index (χ2v) is 8.69. The molecular formula is C22H30N2O5S. The van der Waals surface area contributed by atoms with Crippen molar-refractivity contribution < 1.29 is 23.1 Å². The lowest BCUT2D eigenvalue weighted by Gasteiger charge is -2.18. The second kappa shape index (κ2) is 11.6. The first-order valence-electron chi connectivity index (χ1n) is 10.3. The molecule has 0 bridgehead atoms. The van der Waals surface area contributed by atoms with E-state index < -0.39 is 16.0 Å². The molecule has 0 amide bonds. The van der Waals surface area contributed by atoms with Crippen molar-refractivity contribution in [2.75, 3.05) is 18.4 Å². The molecule has 2 rings (SSSR count). The van der Waals surface area contributed by atoms with Crippen LogP contribution in [-0.2, 0) is 10.0 Å². The highest BCUT2D eigenvalue weighted by Crippen LogP contribution is 2.37. The number of aromatic carboxylic acids is 1. The highest BCUT2D eigenvalue weighted by Gasteiger charge is 2.25. The van der Waals surface area contributed by atoms with Crippen LogP contribution < -0.4 is 14.8 Å². The van der Waals surface area contributed by atoms with Crippen LogP contribution in [0.2, 0.25) is 0 Å². The Bertz CT molecular complexity index is 930. The van der Waals surface area contributed by atoms with Gasteiger partial charge in [-0.2, -0.15) is 0 Å². The third-order valence-electron chi connectivity index (χ3n) is 4.47. The Morgan fingerprint density at radius 3 is 2.33 bits per heavy atom. The summed E-state index contributed by atoms with van der Waals surface area (Å²) in [5, 5.41) is 12.7. The van der Waals surface area contributed by atoms with Crippen LogP contribution in [0.4, 0.5) is 5.69 Å². The number of anilines is 1. The first kappa shape index (κ1) is 23.7. The molecule has 0 aliphatic rings. The number of ether oxygens (including phenoxy) is 1. The van der Waals surface area contributed by atoms with Gasteiger partial charge in [-0.25, -0.2) is 17.9 Å². The lowest BCUT2D eigenvalue weighted by Crippen LogP contribution is -2.26. The van der Waals surface area contributed by atoms with Gasteiger partial charge < -0.3 is 15.2 Å². The maximum atomic E-state index is 13.1. The van der Waals surface area contributed by atoms with Crippen LogP contribution in [0, 0.1) is 0 Å². The van der Waals surface area contributed by atoms with Gasteiger partial charge in [0, 0.05) is 13.1 Å². The Kier molecular flexibility index (Phi) is 9.14. The predicted octanol–water partition coefficient (Wildman–Crippen LogP) is 4.86. The number of hydrogen-bond acceptors (Lipinski definition) is 5. The van der Waals surface area contributed by atoms with Crippen LogP contribution >= 0.6 is 0 Å². The van der Waals surface area contributed by atoms with Crippen molar-refractivity contribution >= 4 is 21.7 Å². The van der Waals surface area contributed by atoms with Crippen LogP contribution in [0.5, 0.6) is 11.5 Å². The molecule has 7 nitrogen and oxygen atoms in total. The molecule has 0 aromatic heterocycles. The molecule has 2 aromatic carbocycles. The SMILES string of the molecule is CCCCCNS(=O)(=O)c1cc(C(=O)O)cc(NCCCC)c1Oc1ccccc1. The second-order valence-electron chi connectivity index (χ2n) is 6.96. The number of carbonyl (C=O) groups is 1.